The first-order valence-electron chi connectivity index (χ1n) is 0.333. The molecule has 4 heteroatoms. The second kappa shape index (κ2) is 41.6. The van der Waals surface area contributed by atoms with Crippen molar-refractivity contribution in [2.45, 2.75) is 0 Å². The van der Waals surface area contributed by atoms with E-state index in [0.29, 0.717) is 0 Å². The molecular weight excluding hydrogens is 67.0 g/mol. The molecule has 4 heavy (non-hydrogen) atoms. The van der Waals surface area contributed by atoms with Crippen molar-refractivity contribution in [1.82, 2.24) is 0 Å². The van der Waals surface area contributed by atoms with E-state index in [9.17, 15) is 0 Å². The Kier molecular flexibility index (Phi) is 216. The predicted molar refractivity (Wildman–Crippen MR) is 13.1 cm³/mol. The van der Waals surface area contributed by atoms with Gasteiger partial charge in [0.25, 0.3) is 0 Å². The van der Waals surface area contributed by atoms with Crippen LogP contribution in [0.2, 0.25) is 0 Å². The van der Waals surface area contributed by atoms with Gasteiger partial charge >= 0.3 is 29.6 Å². The molecule has 0 spiro atoms. The van der Waals surface area contributed by atoms with Gasteiger partial charge in [0.2, 0.25) is 0 Å². The van der Waals surface area contributed by atoms with Gasteiger partial charge in [-0.1, -0.05) is 0 Å². The van der Waals surface area contributed by atoms with Gasteiger partial charge in [-0.25, -0.2) is 0 Å². The van der Waals surface area contributed by atoms with Gasteiger partial charge in [0.15, 0.2) is 0 Å². The van der Waals surface area contributed by atoms with Gasteiger partial charge in [0.1, 0.15) is 0 Å². The summed E-state index contributed by atoms with van der Waals surface area (Å²) in [5.74, 6) is 8.00. The largest absolute Gasteiger partial charge is 1.00 e. The van der Waals surface area contributed by atoms with Crippen molar-refractivity contribution in [3.8, 4) is 0 Å². The zero-order chi connectivity index (χ0) is 2.00. The van der Waals surface area contributed by atoms with Gasteiger partial charge in [0.05, 0.1) is 0 Å². The molecule has 0 aliphatic rings. The Hall–Kier alpha value is 0.880. The standard InChI is InChI=1S/H4N2.Na.H2O.H/c1-2;;;/h1-2H2;;1H2;/q;+1;;-1. The fourth-order valence-corrected chi connectivity index (χ4v) is 0. The molecule has 0 amide bonds. The van der Waals surface area contributed by atoms with Crippen molar-refractivity contribution in [2.75, 3.05) is 0 Å². The van der Waals surface area contributed by atoms with Crippen molar-refractivity contribution >= 4 is 0 Å². The molecule has 0 rings (SSSR count). The van der Waals surface area contributed by atoms with Gasteiger partial charge in [-0.05, 0) is 0 Å². The van der Waals surface area contributed by atoms with Crippen LogP contribution in [0.15, 0.2) is 0 Å². The maximum atomic E-state index is 4.00. The molecule has 0 bridgehead atoms. The molecule has 0 radical (unpaired) electrons. The summed E-state index contributed by atoms with van der Waals surface area (Å²) in [6, 6.07) is 0. The summed E-state index contributed by atoms with van der Waals surface area (Å²) in [6.07, 6.45) is 0. The van der Waals surface area contributed by atoms with Gasteiger partial charge < -0.3 is 6.90 Å². The molecule has 0 aromatic rings. The van der Waals surface area contributed by atoms with Crippen molar-refractivity contribution in [3.05, 3.63) is 0 Å². The molecule has 0 aliphatic carbocycles. The fraction of sp³-hybridized carbons (Fsp3) is 0. The quantitative estimate of drug-likeness (QED) is 0.171. The second-order valence-corrected chi connectivity index (χ2v) is 0. The number of hydrogen-bond acceptors (Lipinski definition) is 2. The van der Waals surface area contributed by atoms with E-state index in [1.807, 2.05) is 0 Å². The second-order valence-electron chi connectivity index (χ2n) is 0. The van der Waals surface area contributed by atoms with Crippen LogP contribution >= 0.6 is 0 Å². The van der Waals surface area contributed by atoms with Crippen molar-refractivity contribution in [2.24, 2.45) is 11.7 Å². The van der Waals surface area contributed by atoms with Crippen LogP contribution in [0.1, 0.15) is 1.43 Å². The van der Waals surface area contributed by atoms with E-state index < -0.39 is 0 Å². The van der Waals surface area contributed by atoms with Crippen LogP contribution in [0, 0.1) is 0 Å². The molecule has 24 valence electrons. The summed E-state index contributed by atoms with van der Waals surface area (Å²) in [4.78, 5) is 0. The summed E-state index contributed by atoms with van der Waals surface area (Å²) in [6.45, 7) is 0. The molecule has 0 atom stereocenters. The summed E-state index contributed by atoms with van der Waals surface area (Å²) >= 11 is 0. The number of hydrazine groups is 1. The van der Waals surface area contributed by atoms with Gasteiger partial charge in [0, 0.05) is 0 Å². The Morgan fingerprint density at radius 2 is 1.25 bits per heavy atom. The van der Waals surface area contributed by atoms with Crippen LogP contribution < -0.4 is 41.2 Å². The minimum atomic E-state index is 0. The smallest absolute Gasteiger partial charge is 1.00 e. The van der Waals surface area contributed by atoms with Crippen LogP contribution in [0.3, 0.4) is 0 Å². The molecule has 0 saturated carbocycles. The topological polar surface area (TPSA) is 83.5 Å². The molecule has 0 aromatic heterocycles. The molecule has 6 N–H and O–H groups in total. The molecular formula is H7N2NaO. The van der Waals surface area contributed by atoms with Crippen LogP contribution in [0.4, 0.5) is 0 Å². The molecule has 0 heterocycles. The monoisotopic (exact) mass is 74.0 g/mol. The summed E-state index contributed by atoms with van der Waals surface area (Å²) in [7, 11) is 0. The molecule has 0 fully saturated rings. The van der Waals surface area contributed by atoms with E-state index in [2.05, 4.69) is 11.7 Å². The Balaban J connectivity index is -0.00000000167. The van der Waals surface area contributed by atoms with Gasteiger partial charge in [-0.2, -0.15) is 0 Å². The first-order chi connectivity index (χ1) is 1.00. The van der Waals surface area contributed by atoms with Crippen molar-refractivity contribution in [1.29, 1.82) is 0 Å². The SMILES string of the molecule is NN.O.[H-].[Na+]. The van der Waals surface area contributed by atoms with E-state index in [0.717, 1.165) is 0 Å². The molecule has 0 aliphatic heterocycles. The van der Waals surface area contributed by atoms with Crippen LogP contribution in [-0.2, 0) is 0 Å². The zero-order valence-corrected chi connectivity index (χ0v) is 4.65. The molecule has 0 aromatic carbocycles. The fourth-order valence-electron chi connectivity index (χ4n) is 0. The average Bonchev–Trinajstić information content (AvgIpc) is 1.00. The Morgan fingerprint density at radius 1 is 1.25 bits per heavy atom. The van der Waals surface area contributed by atoms with E-state index in [1.54, 1.807) is 0 Å². The minimum Gasteiger partial charge on any atom is -1.00 e. The Bertz CT molecular complexity index is 9.61. The predicted octanol–water partition coefficient (Wildman–Crippen LogP) is -4.89. The van der Waals surface area contributed by atoms with E-state index >= 15 is 0 Å². The van der Waals surface area contributed by atoms with Crippen molar-refractivity contribution < 1.29 is 36.5 Å². The molecule has 3 nitrogen and oxygen atoms in total. The maximum Gasteiger partial charge on any atom is 1.00 e. The van der Waals surface area contributed by atoms with E-state index in [-0.39, 0.29) is 36.5 Å². The van der Waals surface area contributed by atoms with E-state index in [1.165, 1.54) is 0 Å². The maximum absolute atomic E-state index is 4.00. The Morgan fingerprint density at radius 3 is 1.25 bits per heavy atom. The number of hydrogen-bond donors (Lipinski definition) is 2. The number of rotatable bonds is 0. The number of nitrogens with two attached hydrogens (primary N) is 2. The van der Waals surface area contributed by atoms with E-state index in [4.69, 9.17) is 0 Å². The summed E-state index contributed by atoms with van der Waals surface area (Å²) < 4.78 is 0. The summed E-state index contributed by atoms with van der Waals surface area (Å²) in [5, 5.41) is 0. The third-order valence-corrected chi connectivity index (χ3v) is 0. The summed E-state index contributed by atoms with van der Waals surface area (Å²) in [5.41, 5.74) is 0. The first-order valence-corrected chi connectivity index (χ1v) is 0.333. The van der Waals surface area contributed by atoms with Gasteiger partial charge in [-0.15, -0.1) is 0 Å². The third kappa shape index (κ3) is 13.1. The van der Waals surface area contributed by atoms with Gasteiger partial charge in [-0.3, -0.25) is 11.7 Å². The average molecular weight is 74.1 g/mol. The minimum absolute atomic E-state index is 0. The zero-order valence-electron chi connectivity index (χ0n) is 3.65. The first kappa shape index (κ1) is 20.8. The van der Waals surface area contributed by atoms with Crippen LogP contribution in [0.25, 0.3) is 0 Å². The van der Waals surface area contributed by atoms with Crippen LogP contribution in [-0.4, -0.2) is 5.48 Å². The Labute approximate surface area is 48.4 Å². The third-order valence-electron chi connectivity index (χ3n) is 0. The van der Waals surface area contributed by atoms with Crippen molar-refractivity contribution in [3.63, 3.8) is 0 Å². The normalized spacial score (nSPS) is 1.50. The molecule has 0 unspecified atom stereocenters. The van der Waals surface area contributed by atoms with Crippen LogP contribution in [0.5, 0.6) is 0 Å². The molecule has 0 saturated heterocycles.